The SMILES string of the molecule is Clc1cccc(C(c2cccc(CN3CCCNCc4cccc(n4)CNCCC3)c2)c2cccc(CN3CCCNCc4cccc(n4)CNCCC3)c2)c1. The van der Waals surface area contributed by atoms with Gasteiger partial charge in [0, 0.05) is 50.2 Å². The van der Waals surface area contributed by atoms with Gasteiger partial charge in [0.1, 0.15) is 0 Å². The van der Waals surface area contributed by atoms with Crippen molar-refractivity contribution < 1.29 is 0 Å². The van der Waals surface area contributed by atoms with E-state index in [9.17, 15) is 0 Å². The molecule has 4 N–H and O–H groups in total. The van der Waals surface area contributed by atoms with Crippen molar-refractivity contribution in [3.63, 3.8) is 0 Å². The van der Waals surface area contributed by atoms with E-state index in [1.54, 1.807) is 0 Å². The number of nitrogens with zero attached hydrogens (tertiary/aromatic N) is 4. The highest BCUT2D eigenvalue weighted by Gasteiger charge is 2.20. The van der Waals surface area contributed by atoms with Crippen LogP contribution >= 0.6 is 11.6 Å². The number of halogens is 1. The summed E-state index contributed by atoms with van der Waals surface area (Å²) in [4.78, 5) is 14.9. The fourth-order valence-electron chi connectivity index (χ4n) is 8.09. The summed E-state index contributed by atoms with van der Waals surface area (Å²) in [5.74, 6) is 0.0739. The van der Waals surface area contributed by atoms with Crippen molar-refractivity contribution in [2.75, 3.05) is 52.4 Å². The van der Waals surface area contributed by atoms with Crippen LogP contribution in [-0.4, -0.2) is 72.1 Å². The molecular weight excluding hydrogens is 712 g/mol. The molecule has 0 fully saturated rings. The third kappa shape index (κ3) is 12.5. The van der Waals surface area contributed by atoms with Gasteiger partial charge in [0.2, 0.25) is 0 Å². The van der Waals surface area contributed by atoms with E-state index in [4.69, 9.17) is 21.6 Å². The average molecular weight is 771 g/mol. The van der Waals surface area contributed by atoms with Crippen LogP contribution in [0.1, 0.15) is 82.2 Å². The summed E-state index contributed by atoms with van der Waals surface area (Å²) < 4.78 is 0. The Kier molecular flexibility index (Phi) is 15.4. The summed E-state index contributed by atoms with van der Waals surface area (Å²) in [6.07, 6.45) is 4.39. The fraction of sp³-hybridized carbons (Fsp3) is 0.404. The second kappa shape index (κ2) is 21.5. The minimum atomic E-state index is 0.0739. The Balaban J connectivity index is 1.05. The molecule has 4 heterocycles. The zero-order valence-electron chi connectivity index (χ0n) is 32.9. The molecule has 2 aliphatic heterocycles. The number of nitrogens with one attached hydrogen (secondary N) is 4. The van der Waals surface area contributed by atoms with Crippen LogP contribution in [0.4, 0.5) is 0 Å². The molecule has 0 radical (unpaired) electrons. The molecule has 0 amide bonds. The minimum Gasteiger partial charge on any atom is -0.311 e. The van der Waals surface area contributed by atoms with E-state index in [2.05, 4.69) is 134 Å². The minimum absolute atomic E-state index is 0.0739. The number of fused-ring (bicyclic) bond motifs is 4. The van der Waals surface area contributed by atoms with E-state index in [0.29, 0.717) is 0 Å². The van der Waals surface area contributed by atoms with Crippen LogP contribution in [0.25, 0.3) is 0 Å². The number of rotatable bonds is 7. The molecule has 0 saturated heterocycles. The van der Waals surface area contributed by atoms with Crippen LogP contribution in [0.5, 0.6) is 0 Å². The van der Waals surface area contributed by atoms with Crippen LogP contribution in [0.3, 0.4) is 0 Å². The lowest BCUT2D eigenvalue weighted by molar-refractivity contribution is 0.256. The number of hydrogen-bond donors (Lipinski definition) is 4. The topological polar surface area (TPSA) is 80.4 Å². The molecule has 5 aromatic rings. The Hall–Kier alpha value is -3.99. The lowest BCUT2D eigenvalue weighted by Gasteiger charge is -2.25. The summed E-state index contributed by atoms with van der Waals surface area (Å²) in [5, 5.41) is 15.2. The third-order valence-corrected chi connectivity index (χ3v) is 11.1. The molecule has 0 atom stereocenters. The quantitative estimate of drug-likeness (QED) is 0.129. The van der Waals surface area contributed by atoms with Crippen LogP contribution < -0.4 is 21.3 Å². The molecule has 0 aliphatic carbocycles. The Bertz CT molecular complexity index is 1780. The monoisotopic (exact) mass is 770 g/mol. The van der Waals surface area contributed by atoms with Crippen LogP contribution in [0.2, 0.25) is 5.02 Å². The molecular formula is C47H59ClN8. The van der Waals surface area contributed by atoms with Gasteiger partial charge in [0.05, 0.1) is 22.8 Å². The largest absolute Gasteiger partial charge is 0.311 e. The van der Waals surface area contributed by atoms with Crippen molar-refractivity contribution in [2.24, 2.45) is 0 Å². The predicted octanol–water partition coefficient (Wildman–Crippen LogP) is 7.26. The molecule has 0 spiro atoms. The number of benzene rings is 3. The third-order valence-electron chi connectivity index (χ3n) is 10.8. The first kappa shape index (κ1) is 40.2. The molecule has 7 rings (SSSR count). The van der Waals surface area contributed by atoms with Crippen molar-refractivity contribution in [2.45, 2.75) is 70.9 Å². The standard InChI is InChI=1S/C47H59ClN8/c48-42-15-3-14-41(30-42)47(39-12-1-10-37(28-39)35-55-24-6-20-49-31-43-16-4-17-44(53-43)32-50-21-7-25-55)40-13-2-11-38(29-40)36-56-26-8-22-51-33-45-18-5-19-46(54-45)34-52-23-9-27-56/h1-5,10-19,28-30,47,49-52H,6-9,20-27,31-36H2. The maximum atomic E-state index is 6.67. The van der Waals surface area contributed by atoms with Gasteiger partial charge in [-0.3, -0.25) is 19.8 Å². The second-order valence-electron chi connectivity index (χ2n) is 15.4. The smallest absolute Gasteiger partial charge is 0.0545 e. The van der Waals surface area contributed by atoms with Gasteiger partial charge in [-0.2, -0.15) is 0 Å². The Morgan fingerprint density at radius 1 is 0.464 bits per heavy atom. The number of aromatic nitrogens is 2. The van der Waals surface area contributed by atoms with Crippen LogP contribution in [0.15, 0.2) is 109 Å². The normalized spacial score (nSPS) is 17.5. The van der Waals surface area contributed by atoms with Gasteiger partial charge >= 0.3 is 0 Å². The van der Waals surface area contributed by atoms with Crippen molar-refractivity contribution >= 4 is 11.6 Å². The van der Waals surface area contributed by atoms with Gasteiger partial charge in [-0.25, -0.2) is 0 Å². The molecule has 9 heteroatoms. The van der Waals surface area contributed by atoms with E-state index < -0.39 is 0 Å². The van der Waals surface area contributed by atoms with Gasteiger partial charge in [0.15, 0.2) is 0 Å². The molecule has 0 unspecified atom stereocenters. The van der Waals surface area contributed by atoms with Gasteiger partial charge in [0.25, 0.3) is 0 Å². The average Bonchev–Trinajstić information content (AvgIpc) is 3.20. The van der Waals surface area contributed by atoms with Crippen molar-refractivity contribution in [3.8, 4) is 0 Å². The van der Waals surface area contributed by atoms with E-state index >= 15 is 0 Å². The van der Waals surface area contributed by atoms with Gasteiger partial charge in [-0.05, 0) is 142 Å². The van der Waals surface area contributed by atoms with E-state index in [1.165, 1.54) is 27.8 Å². The molecule has 294 valence electrons. The van der Waals surface area contributed by atoms with E-state index in [-0.39, 0.29) is 5.92 Å². The number of hydrogen-bond acceptors (Lipinski definition) is 8. The lowest BCUT2D eigenvalue weighted by atomic mass is 9.84. The Labute approximate surface area is 339 Å². The zero-order valence-corrected chi connectivity index (χ0v) is 33.6. The van der Waals surface area contributed by atoms with E-state index in [1.807, 2.05) is 6.07 Å². The van der Waals surface area contributed by atoms with Crippen molar-refractivity contribution in [1.82, 2.24) is 41.0 Å². The first-order valence-corrected chi connectivity index (χ1v) is 21.1. The summed E-state index contributed by atoms with van der Waals surface area (Å²) in [6, 6.07) is 39.7. The summed E-state index contributed by atoms with van der Waals surface area (Å²) >= 11 is 6.67. The molecule has 3 aromatic carbocycles. The highest BCUT2D eigenvalue weighted by atomic mass is 35.5. The zero-order chi connectivity index (χ0) is 38.2. The Morgan fingerprint density at radius 2 is 0.821 bits per heavy atom. The lowest BCUT2D eigenvalue weighted by Crippen LogP contribution is -2.31. The highest BCUT2D eigenvalue weighted by molar-refractivity contribution is 6.30. The predicted molar refractivity (Wildman–Crippen MR) is 230 cm³/mol. The fourth-order valence-corrected chi connectivity index (χ4v) is 8.29. The van der Waals surface area contributed by atoms with Crippen molar-refractivity contribution in [3.05, 3.63) is 165 Å². The van der Waals surface area contributed by atoms with Gasteiger partial charge in [-0.1, -0.05) is 84.4 Å². The molecule has 56 heavy (non-hydrogen) atoms. The highest BCUT2D eigenvalue weighted by Crippen LogP contribution is 2.34. The van der Waals surface area contributed by atoms with Crippen molar-refractivity contribution in [1.29, 1.82) is 0 Å². The molecule has 2 aliphatic rings. The van der Waals surface area contributed by atoms with E-state index in [0.717, 1.165) is 145 Å². The number of pyridine rings is 2. The molecule has 2 aromatic heterocycles. The van der Waals surface area contributed by atoms with Crippen LogP contribution in [0, 0.1) is 0 Å². The summed E-state index contributed by atoms with van der Waals surface area (Å²) in [5.41, 5.74) is 11.0. The Morgan fingerprint density at radius 3 is 1.21 bits per heavy atom. The second-order valence-corrected chi connectivity index (χ2v) is 15.8. The first-order valence-electron chi connectivity index (χ1n) is 20.7. The maximum absolute atomic E-state index is 6.67. The van der Waals surface area contributed by atoms with Gasteiger partial charge < -0.3 is 21.3 Å². The molecule has 8 nitrogen and oxygen atoms in total. The first-order chi connectivity index (χ1) is 27.6. The molecule has 4 bridgehead atoms. The maximum Gasteiger partial charge on any atom is 0.0545 e. The van der Waals surface area contributed by atoms with Crippen LogP contribution in [-0.2, 0) is 39.3 Å². The van der Waals surface area contributed by atoms with Gasteiger partial charge in [-0.15, -0.1) is 0 Å². The summed E-state index contributed by atoms with van der Waals surface area (Å²) in [6.45, 7) is 13.2. The molecule has 0 saturated carbocycles. The summed E-state index contributed by atoms with van der Waals surface area (Å²) in [7, 11) is 0.